The molecule has 2 N–H and O–H groups in total. The number of nitrogens with one attached hydrogen (secondary N) is 1. The second-order valence-corrected chi connectivity index (χ2v) is 5.39. The molecule has 110 valence electrons. The Kier molecular flexibility index (Phi) is 4.62. The van der Waals surface area contributed by atoms with Crippen molar-refractivity contribution in [1.82, 2.24) is 10.2 Å². The SMILES string of the molecule is COc1ccccc1CC(=O)N(C)CC1(O)CCNC1. The number of carbonyl (C=O) groups is 1. The molecule has 1 fully saturated rings. The van der Waals surface area contributed by atoms with Crippen molar-refractivity contribution in [2.75, 3.05) is 33.8 Å². The standard InChI is InChI=1S/C15H22N2O3/c1-17(11-15(19)7-8-16-10-15)14(18)9-12-5-3-4-6-13(12)20-2/h3-6,16,19H,7-11H2,1-2H3. The fourth-order valence-electron chi connectivity index (χ4n) is 2.54. The molecule has 1 atom stereocenters. The molecule has 0 aliphatic carbocycles. The third kappa shape index (κ3) is 3.49. The van der Waals surface area contributed by atoms with Crippen molar-refractivity contribution in [3.8, 4) is 5.75 Å². The molecule has 1 aliphatic rings. The fraction of sp³-hybridized carbons (Fsp3) is 0.533. The van der Waals surface area contributed by atoms with Gasteiger partial charge in [0.25, 0.3) is 0 Å². The molecular formula is C15H22N2O3. The predicted molar refractivity (Wildman–Crippen MR) is 76.8 cm³/mol. The van der Waals surface area contributed by atoms with Gasteiger partial charge in [-0.05, 0) is 19.0 Å². The van der Waals surface area contributed by atoms with E-state index in [1.165, 1.54) is 0 Å². The number of likely N-dealkylation sites (N-methyl/N-ethyl adjacent to an activating group) is 1. The van der Waals surface area contributed by atoms with Gasteiger partial charge in [0, 0.05) is 19.2 Å². The van der Waals surface area contributed by atoms with E-state index in [4.69, 9.17) is 4.74 Å². The average molecular weight is 278 g/mol. The number of methoxy groups -OCH3 is 1. The first-order chi connectivity index (χ1) is 9.54. The largest absolute Gasteiger partial charge is 0.496 e. The maximum atomic E-state index is 12.2. The summed E-state index contributed by atoms with van der Waals surface area (Å²) in [4.78, 5) is 13.8. The summed E-state index contributed by atoms with van der Waals surface area (Å²) in [6, 6.07) is 7.50. The van der Waals surface area contributed by atoms with E-state index in [-0.39, 0.29) is 12.3 Å². The van der Waals surface area contributed by atoms with Gasteiger partial charge in [-0.2, -0.15) is 0 Å². The van der Waals surface area contributed by atoms with Crippen LogP contribution in [0.4, 0.5) is 0 Å². The van der Waals surface area contributed by atoms with Gasteiger partial charge >= 0.3 is 0 Å². The Morgan fingerprint density at radius 1 is 1.50 bits per heavy atom. The summed E-state index contributed by atoms with van der Waals surface area (Å²) >= 11 is 0. The zero-order chi connectivity index (χ0) is 14.6. The lowest BCUT2D eigenvalue weighted by Crippen LogP contribution is -2.45. The van der Waals surface area contributed by atoms with Crippen LogP contribution in [-0.4, -0.2) is 55.3 Å². The van der Waals surface area contributed by atoms with Crippen molar-refractivity contribution in [1.29, 1.82) is 0 Å². The quantitative estimate of drug-likeness (QED) is 0.819. The second-order valence-electron chi connectivity index (χ2n) is 5.39. The molecule has 1 aromatic carbocycles. The molecule has 1 aliphatic heterocycles. The molecule has 0 bridgehead atoms. The molecule has 0 aromatic heterocycles. The summed E-state index contributed by atoms with van der Waals surface area (Å²) < 4.78 is 5.25. The first-order valence-electron chi connectivity index (χ1n) is 6.83. The van der Waals surface area contributed by atoms with Gasteiger partial charge < -0.3 is 20.1 Å². The van der Waals surface area contributed by atoms with E-state index in [2.05, 4.69) is 5.32 Å². The monoisotopic (exact) mass is 278 g/mol. The van der Waals surface area contributed by atoms with Crippen molar-refractivity contribution < 1.29 is 14.6 Å². The third-order valence-electron chi connectivity index (χ3n) is 3.71. The number of hydrogen-bond donors (Lipinski definition) is 2. The predicted octanol–water partition coefficient (Wildman–Crippen LogP) is 0.420. The molecule has 5 heteroatoms. The number of nitrogens with zero attached hydrogens (tertiary/aromatic N) is 1. The molecule has 1 saturated heterocycles. The summed E-state index contributed by atoms with van der Waals surface area (Å²) in [5.74, 6) is 0.699. The number of aliphatic hydroxyl groups is 1. The maximum absolute atomic E-state index is 12.2. The van der Waals surface area contributed by atoms with Crippen LogP contribution >= 0.6 is 0 Å². The molecule has 0 radical (unpaired) electrons. The van der Waals surface area contributed by atoms with Crippen LogP contribution in [0.1, 0.15) is 12.0 Å². The van der Waals surface area contributed by atoms with Crippen molar-refractivity contribution in [3.63, 3.8) is 0 Å². The van der Waals surface area contributed by atoms with E-state index in [9.17, 15) is 9.90 Å². The van der Waals surface area contributed by atoms with Gasteiger partial charge in [-0.15, -0.1) is 0 Å². The molecule has 0 saturated carbocycles. The Labute approximate surface area is 119 Å². The molecular weight excluding hydrogens is 256 g/mol. The van der Waals surface area contributed by atoms with E-state index in [0.29, 0.717) is 19.5 Å². The zero-order valence-corrected chi connectivity index (χ0v) is 12.1. The van der Waals surface area contributed by atoms with Crippen LogP contribution < -0.4 is 10.1 Å². The minimum atomic E-state index is -0.800. The Balaban J connectivity index is 1.97. The number of hydrogen-bond acceptors (Lipinski definition) is 4. The minimum absolute atomic E-state index is 0.0187. The molecule has 5 nitrogen and oxygen atoms in total. The highest BCUT2D eigenvalue weighted by atomic mass is 16.5. The van der Waals surface area contributed by atoms with Gasteiger partial charge in [0.2, 0.25) is 5.91 Å². The number of carbonyl (C=O) groups excluding carboxylic acids is 1. The van der Waals surface area contributed by atoms with Crippen LogP contribution in [0.3, 0.4) is 0 Å². The van der Waals surface area contributed by atoms with Crippen LogP contribution in [0.25, 0.3) is 0 Å². The van der Waals surface area contributed by atoms with E-state index >= 15 is 0 Å². The van der Waals surface area contributed by atoms with E-state index in [1.54, 1.807) is 19.1 Å². The number of benzene rings is 1. The lowest BCUT2D eigenvalue weighted by Gasteiger charge is -2.28. The summed E-state index contributed by atoms with van der Waals surface area (Å²) in [6.45, 7) is 1.69. The van der Waals surface area contributed by atoms with Crippen molar-refractivity contribution >= 4 is 5.91 Å². The Morgan fingerprint density at radius 3 is 2.90 bits per heavy atom. The van der Waals surface area contributed by atoms with Crippen LogP contribution in [0.5, 0.6) is 5.75 Å². The zero-order valence-electron chi connectivity index (χ0n) is 12.1. The normalized spacial score (nSPS) is 21.8. The molecule has 2 rings (SSSR count). The van der Waals surface area contributed by atoms with Crippen LogP contribution in [0.2, 0.25) is 0 Å². The Bertz CT molecular complexity index is 470. The third-order valence-corrected chi connectivity index (χ3v) is 3.71. The number of ether oxygens (including phenoxy) is 1. The maximum Gasteiger partial charge on any atom is 0.226 e. The number of amides is 1. The highest BCUT2D eigenvalue weighted by Gasteiger charge is 2.33. The van der Waals surface area contributed by atoms with Crippen molar-refractivity contribution in [3.05, 3.63) is 29.8 Å². The Hall–Kier alpha value is -1.59. The molecule has 0 spiro atoms. The van der Waals surface area contributed by atoms with Crippen molar-refractivity contribution in [2.24, 2.45) is 0 Å². The number of rotatable bonds is 5. The fourth-order valence-corrected chi connectivity index (χ4v) is 2.54. The van der Waals surface area contributed by atoms with Crippen molar-refractivity contribution in [2.45, 2.75) is 18.4 Å². The molecule has 1 aromatic rings. The topological polar surface area (TPSA) is 61.8 Å². The second kappa shape index (κ2) is 6.24. The van der Waals surface area contributed by atoms with E-state index in [0.717, 1.165) is 17.9 Å². The van der Waals surface area contributed by atoms with Crippen LogP contribution in [0, 0.1) is 0 Å². The smallest absolute Gasteiger partial charge is 0.226 e. The summed E-state index contributed by atoms with van der Waals surface area (Å²) in [5, 5.41) is 13.4. The van der Waals surface area contributed by atoms with Gasteiger partial charge in [0.15, 0.2) is 0 Å². The van der Waals surface area contributed by atoms with Gasteiger partial charge in [0.1, 0.15) is 5.75 Å². The van der Waals surface area contributed by atoms with Gasteiger partial charge in [0.05, 0.1) is 25.7 Å². The molecule has 1 heterocycles. The van der Waals surface area contributed by atoms with Gasteiger partial charge in [-0.25, -0.2) is 0 Å². The number of para-hydroxylation sites is 1. The van der Waals surface area contributed by atoms with E-state index < -0.39 is 5.60 Å². The molecule has 1 unspecified atom stereocenters. The van der Waals surface area contributed by atoms with Gasteiger partial charge in [-0.3, -0.25) is 4.79 Å². The lowest BCUT2D eigenvalue weighted by atomic mass is 10.0. The van der Waals surface area contributed by atoms with Crippen LogP contribution in [0.15, 0.2) is 24.3 Å². The first-order valence-corrected chi connectivity index (χ1v) is 6.83. The highest BCUT2D eigenvalue weighted by Crippen LogP contribution is 2.20. The average Bonchev–Trinajstić information content (AvgIpc) is 2.85. The van der Waals surface area contributed by atoms with E-state index in [1.807, 2.05) is 24.3 Å². The summed E-state index contributed by atoms with van der Waals surface area (Å²) in [5.41, 5.74) is 0.0638. The molecule has 20 heavy (non-hydrogen) atoms. The first kappa shape index (κ1) is 14.8. The molecule has 1 amide bonds. The lowest BCUT2D eigenvalue weighted by molar-refractivity contribution is -0.132. The summed E-state index contributed by atoms with van der Waals surface area (Å²) in [6.07, 6.45) is 0.962. The highest BCUT2D eigenvalue weighted by molar-refractivity contribution is 5.79. The van der Waals surface area contributed by atoms with Crippen LogP contribution in [-0.2, 0) is 11.2 Å². The minimum Gasteiger partial charge on any atom is -0.496 e. The summed E-state index contributed by atoms with van der Waals surface area (Å²) in [7, 11) is 3.33. The van der Waals surface area contributed by atoms with Gasteiger partial charge in [-0.1, -0.05) is 18.2 Å². The Morgan fingerprint density at radius 2 is 2.25 bits per heavy atom. The number of β-amino-alcohol motifs (C(OH)–C–C–N with tert-alkyl or cyclic N) is 1.